The zero-order valence-corrected chi connectivity index (χ0v) is 13.0. The maximum atomic E-state index is 12.1. The van der Waals surface area contributed by atoms with Gasteiger partial charge in [0, 0.05) is 12.5 Å². The fourth-order valence-electron chi connectivity index (χ4n) is 2.92. The normalized spacial score (nSPS) is 23.0. The second-order valence-corrected chi connectivity index (χ2v) is 6.52. The van der Waals surface area contributed by atoms with Crippen LogP contribution in [-0.4, -0.2) is 23.0 Å². The first kappa shape index (κ1) is 16.0. The van der Waals surface area contributed by atoms with Gasteiger partial charge in [0.1, 0.15) is 0 Å². The van der Waals surface area contributed by atoms with Crippen molar-refractivity contribution in [3.05, 3.63) is 22.4 Å². The van der Waals surface area contributed by atoms with E-state index in [-0.39, 0.29) is 11.9 Å². The van der Waals surface area contributed by atoms with Gasteiger partial charge in [-0.3, -0.25) is 9.59 Å². The van der Waals surface area contributed by atoms with Crippen molar-refractivity contribution in [2.45, 2.75) is 57.4 Å². The van der Waals surface area contributed by atoms with E-state index in [9.17, 15) is 14.7 Å². The largest absolute Gasteiger partial charge is 0.481 e. The van der Waals surface area contributed by atoms with Gasteiger partial charge in [0.15, 0.2) is 0 Å². The Labute approximate surface area is 129 Å². The fraction of sp³-hybridized carbons (Fsp3) is 0.625. The predicted octanol–water partition coefficient (Wildman–Crippen LogP) is 3.22. The van der Waals surface area contributed by atoms with Crippen LogP contribution < -0.4 is 5.32 Å². The molecule has 5 heteroatoms. The highest BCUT2D eigenvalue weighted by Crippen LogP contribution is 2.23. The van der Waals surface area contributed by atoms with Gasteiger partial charge in [-0.05, 0) is 41.7 Å². The molecule has 0 saturated heterocycles. The summed E-state index contributed by atoms with van der Waals surface area (Å²) in [4.78, 5) is 23.5. The number of aliphatic carboxylic acids is 1. The van der Waals surface area contributed by atoms with Gasteiger partial charge in [-0.25, -0.2) is 0 Å². The molecular formula is C16H23NO3S. The van der Waals surface area contributed by atoms with E-state index in [0.717, 1.165) is 38.5 Å². The van der Waals surface area contributed by atoms with E-state index in [1.165, 1.54) is 5.56 Å². The van der Waals surface area contributed by atoms with E-state index >= 15 is 0 Å². The Hall–Kier alpha value is -1.36. The maximum Gasteiger partial charge on any atom is 0.308 e. The van der Waals surface area contributed by atoms with Crippen LogP contribution in [0.5, 0.6) is 0 Å². The molecule has 4 nitrogen and oxygen atoms in total. The Kier molecular flexibility index (Phi) is 6.23. The molecule has 1 heterocycles. The number of carbonyl (C=O) groups is 2. The molecule has 0 radical (unpaired) electrons. The Morgan fingerprint density at radius 3 is 2.67 bits per heavy atom. The van der Waals surface area contributed by atoms with Crippen LogP contribution in [-0.2, 0) is 16.0 Å². The monoisotopic (exact) mass is 309 g/mol. The first-order valence-electron chi connectivity index (χ1n) is 7.70. The van der Waals surface area contributed by atoms with Crippen LogP contribution >= 0.6 is 11.3 Å². The molecule has 2 rings (SSSR count). The van der Waals surface area contributed by atoms with Crippen molar-refractivity contribution >= 4 is 23.2 Å². The van der Waals surface area contributed by atoms with Crippen LogP contribution in [0.4, 0.5) is 0 Å². The second kappa shape index (κ2) is 8.17. The zero-order valence-electron chi connectivity index (χ0n) is 12.2. The third-order valence-electron chi connectivity index (χ3n) is 4.15. The number of hydrogen-bond acceptors (Lipinski definition) is 3. The van der Waals surface area contributed by atoms with Gasteiger partial charge in [0.05, 0.1) is 5.92 Å². The highest BCUT2D eigenvalue weighted by molar-refractivity contribution is 7.07. The third-order valence-corrected chi connectivity index (χ3v) is 4.88. The maximum absolute atomic E-state index is 12.1. The minimum atomic E-state index is -0.778. The average Bonchev–Trinajstić information content (AvgIpc) is 2.92. The lowest BCUT2D eigenvalue weighted by Gasteiger charge is -2.27. The van der Waals surface area contributed by atoms with Gasteiger partial charge in [-0.15, -0.1) is 0 Å². The van der Waals surface area contributed by atoms with Crippen LogP contribution in [0.2, 0.25) is 0 Å². The van der Waals surface area contributed by atoms with E-state index in [2.05, 4.69) is 5.32 Å². The van der Waals surface area contributed by atoms with Crippen molar-refractivity contribution in [1.82, 2.24) is 5.32 Å². The zero-order chi connectivity index (χ0) is 15.1. The Bertz CT molecular complexity index is 458. The Balaban J connectivity index is 1.87. The summed E-state index contributed by atoms with van der Waals surface area (Å²) < 4.78 is 0. The van der Waals surface area contributed by atoms with Crippen molar-refractivity contribution in [3.8, 4) is 0 Å². The molecule has 116 valence electrons. The minimum absolute atomic E-state index is 0.0296. The number of aryl methyl sites for hydroxylation is 1. The van der Waals surface area contributed by atoms with Gasteiger partial charge in [-0.1, -0.05) is 25.7 Å². The first-order valence-corrected chi connectivity index (χ1v) is 8.64. The summed E-state index contributed by atoms with van der Waals surface area (Å²) in [6, 6.07) is 1.81. The lowest BCUT2D eigenvalue weighted by atomic mass is 9.86. The van der Waals surface area contributed by atoms with E-state index in [4.69, 9.17) is 0 Å². The molecule has 0 spiro atoms. The van der Waals surface area contributed by atoms with Gasteiger partial charge in [0.2, 0.25) is 5.91 Å². The fourth-order valence-corrected chi connectivity index (χ4v) is 3.63. The topological polar surface area (TPSA) is 66.4 Å². The van der Waals surface area contributed by atoms with E-state index in [0.29, 0.717) is 12.8 Å². The summed E-state index contributed by atoms with van der Waals surface area (Å²) in [5.74, 6) is -1.24. The van der Waals surface area contributed by atoms with E-state index in [1.54, 1.807) is 11.3 Å². The van der Waals surface area contributed by atoms with Crippen LogP contribution in [0.25, 0.3) is 0 Å². The number of nitrogens with one attached hydrogen (secondary N) is 1. The van der Waals surface area contributed by atoms with Crippen LogP contribution in [0.15, 0.2) is 16.8 Å². The number of thiophene rings is 1. The standard InChI is InChI=1S/C16H23NO3S/c18-15(8-7-12-9-10-21-11-12)17-14-6-4-2-1-3-5-13(14)16(19)20/h9-11,13-14H,1-8H2,(H,17,18)(H,19,20). The molecule has 0 aromatic carbocycles. The number of carboxylic acid groups (broad SMARTS) is 1. The molecular weight excluding hydrogens is 286 g/mol. The molecule has 2 N–H and O–H groups in total. The number of carboxylic acids is 1. The summed E-state index contributed by atoms with van der Waals surface area (Å²) in [6.07, 6.45) is 6.78. The molecule has 1 aliphatic rings. The smallest absolute Gasteiger partial charge is 0.308 e. The predicted molar refractivity (Wildman–Crippen MR) is 83.4 cm³/mol. The molecule has 2 unspecified atom stereocenters. The SMILES string of the molecule is O=C(CCc1ccsc1)NC1CCCCCCC1C(=O)O. The summed E-state index contributed by atoms with van der Waals surface area (Å²) in [6.45, 7) is 0. The molecule has 2 atom stereocenters. The molecule has 1 aliphatic carbocycles. The molecule has 0 aliphatic heterocycles. The molecule has 21 heavy (non-hydrogen) atoms. The molecule has 1 amide bonds. The quantitative estimate of drug-likeness (QED) is 0.877. The first-order chi connectivity index (χ1) is 10.2. The summed E-state index contributed by atoms with van der Waals surface area (Å²) in [5, 5.41) is 16.4. The lowest BCUT2D eigenvalue weighted by Crippen LogP contribution is -2.44. The number of carbonyl (C=O) groups excluding carboxylic acids is 1. The van der Waals surface area contributed by atoms with Crippen molar-refractivity contribution in [2.75, 3.05) is 0 Å². The van der Waals surface area contributed by atoms with Crippen molar-refractivity contribution in [3.63, 3.8) is 0 Å². The number of hydrogen-bond donors (Lipinski definition) is 2. The molecule has 0 bridgehead atoms. The van der Waals surface area contributed by atoms with Crippen molar-refractivity contribution in [1.29, 1.82) is 0 Å². The summed E-state index contributed by atoms with van der Waals surface area (Å²) in [5.41, 5.74) is 1.17. The van der Waals surface area contributed by atoms with E-state index in [1.807, 2.05) is 16.8 Å². The minimum Gasteiger partial charge on any atom is -0.481 e. The third kappa shape index (κ3) is 5.16. The Morgan fingerprint density at radius 1 is 1.24 bits per heavy atom. The van der Waals surface area contributed by atoms with E-state index < -0.39 is 11.9 Å². The second-order valence-electron chi connectivity index (χ2n) is 5.74. The van der Waals surface area contributed by atoms with Gasteiger partial charge < -0.3 is 10.4 Å². The molecule has 1 aromatic rings. The Morgan fingerprint density at radius 2 is 2.00 bits per heavy atom. The van der Waals surface area contributed by atoms with Gasteiger partial charge in [0.25, 0.3) is 0 Å². The molecule has 1 fully saturated rings. The molecule has 1 saturated carbocycles. The van der Waals surface area contributed by atoms with Crippen LogP contribution in [0, 0.1) is 5.92 Å². The number of rotatable bonds is 5. The highest BCUT2D eigenvalue weighted by Gasteiger charge is 2.29. The van der Waals surface area contributed by atoms with Crippen molar-refractivity contribution in [2.24, 2.45) is 5.92 Å². The van der Waals surface area contributed by atoms with Crippen LogP contribution in [0.3, 0.4) is 0 Å². The summed E-state index contributed by atoms with van der Waals surface area (Å²) >= 11 is 1.63. The average molecular weight is 309 g/mol. The van der Waals surface area contributed by atoms with Gasteiger partial charge >= 0.3 is 5.97 Å². The summed E-state index contributed by atoms with van der Waals surface area (Å²) in [7, 11) is 0. The lowest BCUT2D eigenvalue weighted by molar-refractivity contribution is -0.143. The van der Waals surface area contributed by atoms with Gasteiger partial charge in [-0.2, -0.15) is 11.3 Å². The van der Waals surface area contributed by atoms with Crippen LogP contribution in [0.1, 0.15) is 50.5 Å². The highest BCUT2D eigenvalue weighted by atomic mass is 32.1. The molecule has 1 aromatic heterocycles. The van der Waals surface area contributed by atoms with Crippen molar-refractivity contribution < 1.29 is 14.7 Å². The number of amides is 1.